The zero-order chi connectivity index (χ0) is 24.1. The van der Waals surface area contributed by atoms with Gasteiger partial charge < -0.3 is 20.3 Å². The minimum absolute atomic E-state index is 0.0211. The molecule has 0 bridgehead atoms. The van der Waals surface area contributed by atoms with E-state index in [2.05, 4.69) is 36.4 Å². The lowest BCUT2D eigenvalue weighted by molar-refractivity contribution is -0.122. The van der Waals surface area contributed by atoms with Crippen LogP contribution in [0.15, 0.2) is 34.8 Å². The van der Waals surface area contributed by atoms with Crippen molar-refractivity contribution in [1.29, 1.82) is 0 Å². The van der Waals surface area contributed by atoms with Crippen molar-refractivity contribution in [2.24, 2.45) is 5.92 Å². The Morgan fingerprint density at radius 2 is 1.91 bits per heavy atom. The van der Waals surface area contributed by atoms with E-state index >= 15 is 0 Å². The Hall–Kier alpha value is -2.52. The minimum atomic E-state index is -0.260. The van der Waals surface area contributed by atoms with Gasteiger partial charge in [0.05, 0.1) is 18.8 Å². The molecule has 182 valence electrons. The predicted molar refractivity (Wildman–Crippen MR) is 134 cm³/mol. The second-order valence-corrected chi connectivity index (χ2v) is 9.92. The summed E-state index contributed by atoms with van der Waals surface area (Å²) < 4.78 is 6.01. The number of hydrogen-bond donors (Lipinski definition) is 2. The standard InChI is InChI=1S/C25H32BrN5O3/c1-16-29-20(15-28-24(32)17-7-9-19(26)10-8-17)14-23(30-16)31-21-6-4-3-5-18(21)13-22(31)25(33)27-11-12-34-2/h7-10,14,18,21-22H,3-6,11-13,15H2,1-2H3,(H,27,33)(H,28,32)/t18-,21-,22-/m0/s1. The van der Waals surface area contributed by atoms with E-state index in [-0.39, 0.29) is 24.4 Å². The number of fused-ring (bicyclic) bond motifs is 1. The van der Waals surface area contributed by atoms with E-state index in [1.165, 1.54) is 6.42 Å². The SMILES string of the molecule is COCCNC(=O)[C@@H]1C[C@@H]2CCCC[C@@H]2N1c1cc(CNC(=O)c2ccc(Br)cc2)nc(C)n1. The zero-order valence-corrected chi connectivity index (χ0v) is 21.3. The van der Waals surface area contributed by atoms with Crippen molar-refractivity contribution in [2.45, 2.75) is 57.7 Å². The first kappa shape index (κ1) is 24.6. The Kier molecular flexibility index (Phi) is 8.15. The van der Waals surface area contributed by atoms with Crippen molar-refractivity contribution in [1.82, 2.24) is 20.6 Å². The number of nitrogens with one attached hydrogen (secondary N) is 2. The maximum atomic E-state index is 13.1. The van der Waals surface area contributed by atoms with E-state index in [1.54, 1.807) is 19.2 Å². The summed E-state index contributed by atoms with van der Waals surface area (Å²) in [6.45, 7) is 3.12. The van der Waals surface area contributed by atoms with Crippen LogP contribution < -0.4 is 15.5 Å². The summed E-state index contributed by atoms with van der Waals surface area (Å²) in [4.78, 5) is 37.1. The Labute approximate surface area is 209 Å². The molecule has 1 aliphatic carbocycles. The number of amides is 2. The molecule has 8 nitrogen and oxygen atoms in total. The molecule has 3 atom stereocenters. The van der Waals surface area contributed by atoms with Crippen LogP contribution in [0.4, 0.5) is 5.82 Å². The molecule has 0 unspecified atom stereocenters. The third-order valence-electron chi connectivity index (χ3n) is 6.67. The molecule has 2 aromatic rings. The molecule has 2 aliphatic rings. The summed E-state index contributed by atoms with van der Waals surface area (Å²) in [5.41, 5.74) is 1.32. The Bertz CT molecular complexity index is 1020. The molecule has 1 saturated heterocycles. The highest BCUT2D eigenvalue weighted by atomic mass is 79.9. The lowest BCUT2D eigenvalue weighted by atomic mass is 9.84. The fraction of sp³-hybridized carbons (Fsp3) is 0.520. The molecule has 1 saturated carbocycles. The highest BCUT2D eigenvalue weighted by Gasteiger charge is 2.45. The van der Waals surface area contributed by atoms with Gasteiger partial charge in [-0.1, -0.05) is 28.8 Å². The van der Waals surface area contributed by atoms with Gasteiger partial charge in [0.1, 0.15) is 17.7 Å². The lowest BCUT2D eigenvalue weighted by Gasteiger charge is -2.34. The topological polar surface area (TPSA) is 96.5 Å². The summed E-state index contributed by atoms with van der Waals surface area (Å²) >= 11 is 3.39. The summed E-state index contributed by atoms with van der Waals surface area (Å²) in [6, 6.07) is 9.19. The van der Waals surface area contributed by atoms with Gasteiger partial charge in [0.2, 0.25) is 5.91 Å². The van der Waals surface area contributed by atoms with Crippen LogP contribution in [0, 0.1) is 12.8 Å². The van der Waals surface area contributed by atoms with Crippen molar-refractivity contribution >= 4 is 33.6 Å². The molecule has 1 aliphatic heterocycles. The van der Waals surface area contributed by atoms with Crippen molar-refractivity contribution in [3.05, 3.63) is 51.9 Å². The molecule has 2 heterocycles. The van der Waals surface area contributed by atoms with Crippen molar-refractivity contribution in [2.75, 3.05) is 25.2 Å². The summed E-state index contributed by atoms with van der Waals surface area (Å²) in [5, 5.41) is 5.97. The maximum Gasteiger partial charge on any atom is 0.251 e. The molecule has 1 aromatic carbocycles. The third kappa shape index (κ3) is 5.75. The molecular weight excluding hydrogens is 498 g/mol. The van der Waals surface area contributed by atoms with E-state index in [4.69, 9.17) is 9.72 Å². The number of carbonyl (C=O) groups excluding carboxylic acids is 2. The van der Waals surface area contributed by atoms with Gasteiger partial charge >= 0.3 is 0 Å². The van der Waals surface area contributed by atoms with Gasteiger partial charge in [0, 0.05) is 35.8 Å². The van der Waals surface area contributed by atoms with Gasteiger partial charge in [-0.25, -0.2) is 9.97 Å². The normalized spacial score (nSPS) is 21.7. The van der Waals surface area contributed by atoms with Crippen LogP contribution in [0.2, 0.25) is 0 Å². The molecule has 2 amide bonds. The zero-order valence-electron chi connectivity index (χ0n) is 19.7. The van der Waals surface area contributed by atoms with Crippen LogP contribution in [0.5, 0.6) is 0 Å². The molecule has 4 rings (SSSR count). The average Bonchev–Trinajstić information content (AvgIpc) is 3.22. The van der Waals surface area contributed by atoms with Crippen LogP contribution in [-0.2, 0) is 16.1 Å². The van der Waals surface area contributed by atoms with Gasteiger partial charge in [-0.2, -0.15) is 0 Å². The van der Waals surface area contributed by atoms with Crippen molar-refractivity contribution < 1.29 is 14.3 Å². The number of ether oxygens (including phenoxy) is 1. The summed E-state index contributed by atoms with van der Waals surface area (Å²) in [7, 11) is 1.63. The van der Waals surface area contributed by atoms with Gasteiger partial charge in [0.15, 0.2) is 0 Å². The summed E-state index contributed by atoms with van der Waals surface area (Å²) in [6.07, 6.45) is 5.41. The van der Waals surface area contributed by atoms with E-state index < -0.39 is 0 Å². The molecule has 34 heavy (non-hydrogen) atoms. The van der Waals surface area contributed by atoms with Crippen molar-refractivity contribution in [3.63, 3.8) is 0 Å². The molecule has 9 heteroatoms. The van der Waals surface area contributed by atoms with E-state index in [0.29, 0.717) is 36.5 Å². The van der Waals surface area contributed by atoms with Gasteiger partial charge in [-0.05, 0) is 56.4 Å². The van der Waals surface area contributed by atoms with E-state index in [1.807, 2.05) is 25.1 Å². The molecule has 0 radical (unpaired) electrons. The number of methoxy groups -OCH3 is 1. The average molecular weight is 530 g/mol. The van der Waals surface area contributed by atoms with Gasteiger partial charge in [-0.15, -0.1) is 0 Å². The smallest absolute Gasteiger partial charge is 0.251 e. The number of anilines is 1. The summed E-state index contributed by atoms with van der Waals surface area (Å²) in [5.74, 6) is 1.75. The molecular formula is C25H32BrN5O3. The number of benzene rings is 1. The first-order valence-electron chi connectivity index (χ1n) is 11.9. The Balaban J connectivity index is 1.53. The fourth-order valence-electron chi connectivity index (χ4n) is 5.13. The number of rotatable bonds is 8. The second-order valence-electron chi connectivity index (χ2n) is 9.01. The quantitative estimate of drug-likeness (QED) is 0.509. The number of nitrogens with zero attached hydrogens (tertiary/aromatic N) is 3. The van der Waals surface area contributed by atoms with Crippen LogP contribution in [0.25, 0.3) is 0 Å². The first-order chi connectivity index (χ1) is 16.5. The third-order valence-corrected chi connectivity index (χ3v) is 7.20. The number of aromatic nitrogens is 2. The van der Waals surface area contributed by atoms with E-state index in [0.717, 1.165) is 41.7 Å². The number of aryl methyl sites for hydroxylation is 1. The number of carbonyl (C=O) groups is 2. The van der Waals surface area contributed by atoms with Crippen LogP contribution in [-0.4, -0.2) is 54.1 Å². The molecule has 1 aromatic heterocycles. The monoisotopic (exact) mass is 529 g/mol. The first-order valence-corrected chi connectivity index (χ1v) is 12.7. The maximum absolute atomic E-state index is 13.1. The molecule has 0 spiro atoms. The van der Waals surface area contributed by atoms with Crippen molar-refractivity contribution in [3.8, 4) is 0 Å². The predicted octanol–water partition coefficient (Wildman–Crippen LogP) is 3.38. The highest BCUT2D eigenvalue weighted by molar-refractivity contribution is 9.10. The van der Waals surface area contributed by atoms with E-state index in [9.17, 15) is 9.59 Å². The van der Waals surface area contributed by atoms with Gasteiger partial charge in [0.25, 0.3) is 5.91 Å². The molecule has 2 N–H and O–H groups in total. The highest BCUT2D eigenvalue weighted by Crippen LogP contribution is 2.42. The van der Waals surface area contributed by atoms with Gasteiger partial charge in [-0.3, -0.25) is 9.59 Å². The van der Waals surface area contributed by atoms with Crippen LogP contribution in [0.1, 0.15) is 54.0 Å². The Morgan fingerprint density at radius 1 is 1.15 bits per heavy atom. The molecule has 2 fully saturated rings. The van der Waals surface area contributed by atoms with Crippen LogP contribution >= 0.6 is 15.9 Å². The lowest BCUT2D eigenvalue weighted by Crippen LogP contribution is -2.48. The fourth-order valence-corrected chi connectivity index (χ4v) is 5.39. The number of hydrogen-bond acceptors (Lipinski definition) is 6. The minimum Gasteiger partial charge on any atom is -0.383 e. The second kappa shape index (κ2) is 11.3. The largest absolute Gasteiger partial charge is 0.383 e. The Morgan fingerprint density at radius 3 is 2.68 bits per heavy atom. The number of halogens is 1. The van der Waals surface area contributed by atoms with Crippen LogP contribution in [0.3, 0.4) is 0 Å².